The van der Waals surface area contributed by atoms with E-state index in [0.717, 1.165) is 49.1 Å². The van der Waals surface area contributed by atoms with Crippen molar-refractivity contribution >= 4 is 28.7 Å². The number of nitrogens with one attached hydrogen (secondary N) is 1. The minimum Gasteiger partial charge on any atom is -0.378 e. The maximum atomic E-state index is 5.92. The molecule has 5 heterocycles. The molecule has 2 aliphatic heterocycles. The summed E-state index contributed by atoms with van der Waals surface area (Å²) in [6, 6.07) is 24.9. The van der Waals surface area contributed by atoms with E-state index in [1.165, 1.54) is 5.69 Å². The highest BCUT2D eigenvalue weighted by Crippen LogP contribution is 2.42. The van der Waals surface area contributed by atoms with Crippen molar-refractivity contribution in [3.8, 4) is 0 Å². The van der Waals surface area contributed by atoms with Gasteiger partial charge >= 0.3 is 0 Å². The van der Waals surface area contributed by atoms with Crippen molar-refractivity contribution in [3.05, 3.63) is 108 Å². The molecule has 2 fully saturated rings. The minimum absolute atomic E-state index is 0.0691. The third kappa shape index (κ3) is 4.45. The van der Waals surface area contributed by atoms with E-state index in [1.807, 2.05) is 36.7 Å². The van der Waals surface area contributed by atoms with Gasteiger partial charge in [-0.05, 0) is 72.9 Å². The lowest BCUT2D eigenvalue weighted by atomic mass is 10.0. The van der Waals surface area contributed by atoms with Gasteiger partial charge < -0.3 is 24.4 Å². The summed E-state index contributed by atoms with van der Waals surface area (Å²) in [4.78, 5) is 13.8. The van der Waals surface area contributed by atoms with Gasteiger partial charge in [-0.3, -0.25) is 9.97 Å². The smallest absolute Gasteiger partial charge is 0.174 e. The quantitative estimate of drug-likeness (QED) is 0.399. The van der Waals surface area contributed by atoms with E-state index < -0.39 is 0 Å². The normalized spacial score (nSPS) is 19.9. The zero-order valence-corrected chi connectivity index (χ0v) is 20.7. The lowest BCUT2D eigenvalue weighted by molar-refractivity contribution is 0.122. The van der Waals surface area contributed by atoms with Gasteiger partial charge in [0.25, 0.3) is 0 Å². The molecule has 182 valence electrons. The second-order valence-electron chi connectivity index (χ2n) is 8.99. The van der Waals surface area contributed by atoms with Crippen LogP contribution in [0.3, 0.4) is 0 Å². The van der Waals surface area contributed by atoms with Gasteiger partial charge in [-0.1, -0.05) is 12.1 Å². The molecule has 6 rings (SSSR count). The van der Waals surface area contributed by atoms with E-state index in [4.69, 9.17) is 17.0 Å². The summed E-state index contributed by atoms with van der Waals surface area (Å²) < 4.78 is 7.77. The molecule has 8 heteroatoms. The molecule has 3 aromatic heterocycles. The molecule has 36 heavy (non-hydrogen) atoms. The van der Waals surface area contributed by atoms with Gasteiger partial charge in [-0.15, -0.1) is 0 Å². The SMILES string of the molecule is S=C1N[C@H](c2ccccn2)[C@@H](c2cccn2Cc2ccccn2)N1c1ccc(N2CCOCC2)cc1. The molecule has 2 atom stereocenters. The second kappa shape index (κ2) is 10.1. The van der Waals surface area contributed by atoms with Gasteiger partial charge in [-0.25, -0.2) is 0 Å². The number of nitrogens with zero attached hydrogens (tertiary/aromatic N) is 5. The Kier molecular flexibility index (Phi) is 6.36. The van der Waals surface area contributed by atoms with Crippen molar-refractivity contribution in [3.63, 3.8) is 0 Å². The molecule has 2 saturated heterocycles. The van der Waals surface area contributed by atoms with Crippen LogP contribution < -0.4 is 15.1 Å². The summed E-state index contributed by atoms with van der Waals surface area (Å²) in [6.45, 7) is 4.04. The molecule has 2 aliphatic rings. The zero-order valence-electron chi connectivity index (χ0n) is 19.9. The molecule has 1 N–H and O–H groups in total. The number of ether oxygens (including phenoxy) is 1. The number of thiocarbonyl (C=S) groups is 1. The fraction of sp³-hybridized carbons (Fsp3) is 0.250. The van der Waals surface area contributed by atoms with Crippen molar-refractivity contribution < 1.29 is 4.74 Å². The molecular formula is C28H28N6OS. The van der Waals surface area contributed by atoms with Crippen molar-refractivity contribution in [1.29, 1.82) is 0 Å². The van der Waals surface area contributed by atoms with Gasteiger partial charge in [0.1, 0.15) is 6.04 Å². The van der Waals surface area contributed by atoms with Crippen LogP contribution in [0, 0.1) is 0 Å². The van der Waals surface area contributed by atoms with E-state index in [9.17, 15) is 0 Å². The zero-order chi connectivity index (χ0) is 24.3. The summed E-state index contributed by atoms with van der Waals surface area (Å²) in [5.74, 6) is 0. The summed E-state index contributed by atoms with van der Waals surface area (Å²) >= 11 is 5.92. The maximum Gasteiger partial charge on any atom is 0.174 e. The van der Waals surface area contributed by atoms with Crippen LogP contribution in [0.4, 0.5) is 11.4 Å². The fourth-order valence-electron chi connectivity index (χ4n) is 5.08. The Labute approximate surface area is 216 Å². The van der Waals surface area contributed by atoms with Crippen LogP contribution in [0.5, 0.6) is 0 Å². The van der Waals surface area contributed by atoms with Gasteiger partial charge in [-0.2, -0.15) is 0 Å². The summed E-state index contributed by atoms with van der Waals surface area (Å²) in [5, 5.41) is 4.26. The Bertz CT molecular complexity index is 1300. The Balaban J connectivity index is 1.37. The molecule has 4 aromatic rings. The number of morpholine rings is 1. The lowest BCUT2D eigenvalue weighted by Crippen LogP contribution is -2.36. The highest BCUT2D eigenvalue weighted by Gasteiger charge is 2.42. The number of rotatable bonds is 6. The Morgan fingerprint density at radius 3 is 2.33 bits per heavy atom. The first-order valence-corrected chi connectivity index (χ1v) is 12.7. The maximum absolute atomic E-state index is 5.92. The van der Waals surface area contributed by atoms with Crippen molar-refractivity contribution in [1.82, 2.24) is 19.9 Å². The van der Waals surface area contributed by atoms with E-state index in [-0.39, 0.29) is 12.1 Å². The number of benzene rings is 1. The van der Waals surface area contributed by atoms with Crippen LogP contribution in [0.1, 0.15) is 29.2 Å². The molecule has 0 saturated carbocycles. The third-order valence-electron chi connectivity index (χ3n) is 6.83. The molecule has 0 radical (unpaired) electrons. The number of hydrogen-bond donors (Lipinski definition) is 1. The average Bonchev–Trinajstić information content (AvgIpc) is 3.53. The first kappa shape index (κ1) is 22.7. The Hall–Kier alpha value is -3.75. The van der Waals surface area contributed by atoms with E-state index in [0.29, 0.717) is 11.7 Å². The van der Waals surface area contributed by atoms with Crippen LogP contribution in [-0.2, 0) is 11.3 Å². The van der Waals surface area contributed by atoms with Crippen LogP contribution in [0.2, 0.25) is 0 Å². The van der Waals surface area contributed by atoms with Gasteiger partial charge in [0.05, 0.1) is 37.2 Å². The molecule has 0 amide bonds. The first-order chi connectivity index (χ1) is 17.8. The summed E-state index contributed by atoms with van der Waals surface area (Å²) in [6.07, 6.45) is 5.79. The topological polar surface area (TPSA) is 58.5 Å². The average molecular weight is 497 g/mol. The third-order valence-corrected chi connectivity index (χ3v) is 7.14. The standard InChI is InChI=1S/C28H28N6OS/c36-28-31-26(24-7-2-4-14-30-24)27(25-8-5-15-33(25)20-21-6-1-3-13-29-21)34(28)23-11-9-22(10-12-23)32-16-18-35-19-17-32/h1-15,26-27H,16-20H2,(H,31,36)/t26-,27-/m1/s1. The minimum atomic E-state index is -0.0880. The van der Waals surface area contributed by atoms with Crippen molar-refractivity contribution in [2.75, 3.05) is 36.1 Å². The van der Waals surface area contributed by atoms with Gasteiger partial charge in [0.15, 0.2) is 5.11 Å². The number of pyridine rings is 2. The lowest BCUT2D eigenvalue weighted by Gasteiger charge is -2.31. The van der Waals surface area contributed by atoms with Gasteiger partial charge in [0.2, 0.25) is 0 Å². The summed E-state index contributed by atoms with van der Waals surface area (Å²) in [7, 11) is 0. The predicted molar refractivity (Wildman–Crippen MR) is 145 cm³/mol. The number of aromatic nitrogens is 3. The van der Waals surface area contributed by atoms with Gasteiger partial charge in [0, 0.05) is 48.7 Å². The number of anilines is 2. The van der Waals surface area contributed by atoms with Crippen LogP contribution >= 0.6 is 12.2 Å². The van der Waals surface area contributed by atoms with E-state index in [2.05, 4.69) is 84.4 Å². The van der Waals surface area contributed by atoms with Crippen LogP contribution in [0.25, 0.3) is 0 Å². The molecule has 0 spiro atoms. The van der Waals surface area contributed by atoms with Crippen LogP contribution in [-0.4, -0.2) is 46.0 Å². The molecule has 0 aliphatic carbocycles. The van der Waals surface area contributed by atoms with E-state index >= 15 is 0 Å². The molecule has 0 unspecified atom stereocenters. The Morgan fingerprint density at radius 2 is 1.61 bits per heavy atom. The van der Waals surface area contributed by atoms with Crippen molar-refractivity contribution in [2.45, 2.75) is 18.6 Å². The van der Waals surface area contributed by atoms with Crippen LogP contribution in [0.15, 0.2) is 91.4 Å². The molecule has 0 bridgehead atoms. The molecule has 7 nitrogen and oxygen atoms in total. The largest absolute Gasteiger partial charge is 0.378 e. The fourth-order valence-corrected chi connectivity index (χ4v) is 5.43. The predicted octanol–water partition coefficient (Wildman–Crippen LogP) is 4.34. The highest BCUT2D eigenvalue weighted by molar-refractivity contribution is 7.80. The highest BCUT2D eigenvalue weighted by atomic mass is 32.1. The van der Waals surface area contributed by atoms with E-state index in [1.54, 1.807) is 0 Å². The Morgan fingerprint density at radius 1 is 0.861 bits per heavy atom. The molecule has 1 aromatic carbocycles. The second-order valence-corrected chi connectivity index (χ2v) is 9.38. The molecular weight excluding hydrogens is 468 g/mol. The summed E-state index contributed by atoms with van der Waals surface area (Å²) in [5.41, 5.74) is 5.39. The number of hydrogen-bond acceptors (Lipinski definition) is 5. The first-order valence-electron chi connectivity index (χ1n) is 12.3. The van der Waals surface area contributed by atoms with Crippen molar-refractivity contribution in [2.24, 2.45) is 0 Å². The monoisotopic (exact) mass is 496 g/mol.